The molecular weight excluding hydrogens is 375 g/mol. The molecule has 1 atom stereocenters. The first-order valence-corrected chi connectivity index (χ1v) is 7.91. The number of likely N-dealkylation sites (tertiary alicyclic amines) is 1. The van der Waals surface area contributed by atoms with Crippen molar-refractivity contribution in [2.75, 3.05) is 19.6 Å². The summed E-state index contributed by atoms with van der Waals surface area (Å²) in [5.74, 6) is 0.587. The molecule has 124 valence electrons. The zero-order valence-corrected chi connectivity index (χ0v) is 14.8. The van der Waals surface area contributed by atoms with E-state index in [1.165, 1.54) is 18.2 Å². The van der Waals surface area contributed by atoms with Crippen molar-refractivity contribution in [3.05, 3.63) is 28.5 Å². The summed E-state index contributed by atoms with van der Waals surface area (Å²) in [4.78, 5) is 14.2. The number of carbonyl (C=O) groups is 1. The Hall–Kier alpha value is -0.850. The van der Waals surface area contributed by atoms with Gasteiger partial charge in [0.15, 0.2) is 6.10 Å². The third kappa shape index (κ3) is 4.83. The number of hydrogen-bond donors (Lipinski definition) is 1. The van der Waals surface area contributed by atoms with E-state index in [0.717, 1.165) is 25.9 Å². The molecule has 1 aromatic carbocycles. The Morgan fingerprint density at radius 2 is 2.14 bits per heavy atom. The molecule has 1 amide bonds. The van der Waals surface area contributed by atoms with Gasteiger partial charge in [0.2, 0.25) is 0 Å². The summed E-state index contributed by atoms with van der Waals surface area (Å²) in [5, 5.41) is 0. The maximum absolute atomic E-state index is 13.0. The van der Waals surface area contributed by atoms with E-state index in [9.17, 15) is 9.18 Å². The molecule has 1 aliphatic heterocycles. The quantitative estimate of drug-likeness (QED) is 0.853. The number of piperidine rings is 1. The molecule has 2 N–H and O–H groups in total. The van der Waals surface area contributed by atoms with Crippen molar-refractivity contribution in [1.29, 1.82) is 0 Å². The van der Waals surface area contributed by atoms with Crippen LogP contribution in [0.3, 0.4) is 0 Å². The molecule has 0 aliphatic carbocycles. The molecule has 0 saturated carbocycles. The molecule has 2 rings (SSSR count). The van der Waals surface area contributed by atoms with Crippen LogP contribution in [0.5, 0.6) is 5.75 Å². The molecule has 1 unspecified atom stereocenters. The van der Waals surface area contributed by atoms with Gasteiger partial charge >= 0.3 is 0 Å². The minimum atomic E-state index is -0.596. The van der Waals surface area contributed by atoms with Gasteiger partial charge in [-0.15, -0.1) is 12.4 Å². The van der Waals surface area contributed by atoms with Crippen molar-refractivity contribution >= 4 is 34.2 Å². The van der Waals surface area contributed by atoms with Crippen LogP contribution < -0.4 is 10.5 Å². The number of ether oxygens (including phenoxy) is 1. The second-order valence-electron chi connectivity index (χ2n) is 5.34. The third-order valence-corrected chi connectivity index (χ3v) is 4.42. The van der Waals surface area contributed by atoms with Gasteiger partial charge in [-0.2, -0.15) is 0 Å². The normalized spacial score (nSPS) is 16.8. The smallest absolute Gasteiger partial charge is 0.263 e. The summed E-state index contributed by atoms with van der Waals surface area (Å²) in [6.07, 6.45) is 1.28. The summed E-state index contributed by atoms with van der Waals surface area (Å²) in [5.41, 5.74) is 5.65. The molecule has 1 saturated heterocycles. The van der Waals surface area contributed by atoms with Gasteiger partial charge < -0.3 is 15.4 Å². The van der Waals surface area contributed by atoms with Crippen molar-refractivity contribution in [2.45, 2.75) is 25.9 Å². The van der Waals surface area contributed by atoms with Gasteiger partial charge in [-0.3, -0.25) is 4.79 Å². The molecule has 7 heteroatoms. The van der Waals surface area contributed by atoms with E-state index in [1.54, 1.807) is 6.92 Å². The molecule has 0 bridgehead atoms. The van der Waals surface area contributed by atoms with Crippen molar-refractivity contribution in [3.8, 4) is 5.75 Å². The van der Waals surface area contributed by atoms with Crippen LogP contribution in [0, 0.1) is 11.7 Å². The number of carbonyl (C=O) groups excluding carboxylic acids is 1. The van der Waals surface area contributed by atoms with Crippen LogP contribution >= 0.6 is 28.3 Å². The van der Waals surface area contributed by atoms with Crippen LogP contribution in [0.4, 0.5) is 4.39 Å². The number of benzene rings is 1. The summed E-state index contributed by atoms with van der Waals surface area (Å²) in [6, 6.07) is 4.15. The maximum Gasteiger partial charge on any atom is 0.263 e. The molecule has 0 aromatic heterocycles. The van der Waals surface area contributed by atoms with Gasteiger partial charge in [-0.05, 0) is 66.4 Å². The Kier molecular flexibility index (Phi) is 7.59. The van der Waals surface area contributed by atoms with Gasteiger partial charge in [0, 0.05) is 13.1 Å². The van der Waals surface area contributed by atoms with Crippen molar-refractivity contribution in [1.82, 2.24) is 4.90 Å². The van der Waals surface area contributed by atoms with Gasteiger partial charge in [-0.1, -0.05) is 0 Å². The molecule has 1 aliphatic rings. The predicted octanol–water partition coefficient (Wildman–Crippen LogP) is 2.97. The molecule has 0 spiro atoms. The summed E-state index contributed by atoms with van der Waals surface area (Å²) in [7, 11) is 0. The first-order chi connectivity index (χ1) is 10.0. The lowest BCUT2D eigenvalue weighted by molar-refractivity contribution is -0.139. The van der Waals surface area contributed by atoms with E-state index in [0.29, 0.717) is 22.7 Å². The highest BCUT2D eigenvalue weighted by molar-refractivity contribution is 9.10. The lowest BCUT2D eigenvalue weighted by atomic mass is 9.97. The minimum absolute atomic E-state index is 0. The molecule has 1 fully saturated rings. The Morgan fingerprint density at radius 3 is 2.68 bits per heavy atom. The summed E-state index contributed by atoms with van der Waals surface area (Å²) < 4.78 is 19.2. The third-order valence-electron chi connectivity index (χ3n) is 3.80. The Morgan fingerprint density at radius 1 is 1.50 bits per heavy atom. The highest BCUT2D eigenvalue weighted by Gasteiger charge is 2.26. The van der Waals surface area contributed by atoms with E-state index < -0.39 is 6.10 Å². The van der Waals surface area contributed by atoms with Gasteiger partial charge in [-0.25, -0.2) is 4.39 Å². The second kappa shape index (κ2) is 8.70. The molecule has 1 aromatic rings. The minimum Gasteiger partial charge on any atom is -0.480 e. The fraction of sp³-hybridized carbons (Fsp3) is 0.533. The summed E-state index contributed by atoms with van der Waals surface area (Å²) in [6.45, 7) is 3.84. The first kappa shape index (κ1) is 19.2. The van der Waals surface area contributed by atoms with Crippen molar-refractivity contribution in [3.63, 3.8) is 0 Å². The number of nitrogens with zero attached hydrogens (tertiary/aromatic N) is 1. The highest BCUT2D eigenvalue weighted by Crippen LogP contribution is 2.27. The fourth-order valence-corrected chi connectivity index (χ4v) is 2.90. The molecule has 22 heavy (non-hydrogen) atoms. The van der Waals surface area contributed by atoms with Crippen LogP contribution in [-0.2, 0) is 4.79 Å². The average molecular weight is 396 g/mol. The van der Waals surface area contributed by atoms with Crippen LogP contribution in [0.15, 0.2) is 22.7 Å². The fourth-order valence-electron chi connectivity index (χ4n) is 2.46. The molecule has 4 nitrogen and oxygen atoms in total. The second-order valence-corrected chi connectivity index (χ2v) is 6.19. The van der Waals surface area contributed by atoms with Gasteiger partial charge in [0.25, 0.3) is 5.91 Å². The predicted molar refractivity (Wildman–Crippen MR) is 89.8 cm³/mol. The standard InChI is InChI=1S/C15H20BrFN2O2.ClH/c1-10(21-14-3-2-12(17)8-13(14)16)15(20)19-6-4-11(9-18)5-7-19;/h2-3,8,10-11H,4-7,9,18H2,1H3;1H. The van der Waals surface area contributed by atoms with Crippen LogP contribution in [-0.4, -0.2) is 36.5 Å². The lowest BCUT2D eigenvalue weighted by Crippen LogP contribution is -2.45. The number of halogens is 3. The summed E-state index contributed by atoms with van der Waals surface area (Å²) >= 11 is 3.23. The van der Waals surface area contributed by atoms with Crippen molar-refractivity contribution < 1.29 is 13.9 Å². The molecular formula is C15H21BrClFN2O2. The monoisotopic (exact) mass is 394 g/mol. The van der Waals surface area contributed by atoms with Crippen LogP contribution in [0.25, 0.3) is 0 Å². The number of hydrogen-bond acceptors (Lipinski definition) is 3. The number of rotatable bonds is 4. The Labute approximate surface area is 144 Å². The largest absolute Gasteiger partial charge is 0.480 e. The van der Waals surface area contributed by atoms with Crippen molar-refractivity contribution in [2.24, 2.45) is 11.7 Å². The molecule has 1 heterocycles. The highest BCUT2D eigenvalue weighted by atomic mass is 79.9. The number of nitrogens with two attached hydrogens (primary N) is 1. The van der Waals surface area contributed by atoms with E-state index in [2.05, 4.69) is 15.9 Å². The average Bonchev–Trinajstić information content (AvgIpc) is 2.49. The first-order valence-electron chi connectivity index (χ1n) is 7.12. The Bertz CT molecular complexity index is 510. The zero-order chi connectivity index (χ0) is 15.4. The van der Waals surface area contributed by atoms with Crippen LogP contribution in [0.1, 0.15) is 19.8 Å². The number of amides is 1. The maximum atomic E-state index is 13.0. The SMILES string of the molecule is CC(Oc1ccc(F)cc1Br)C(=O)N1CCC(CN)CC1.Cl. The van der Waals surface area contributed by atoms with Gasteiger partial charge in [0.05, 0.1) is 4.47 Å². The van der Waals surface area contributed by atoms with Crippen LogP contribution in [0.2, 0.25) is 0 Å². The van der Waals surface area contributed by atoms with E-state index in [1.807, 2.05) is 4.90 Å². The zero-order valence-electron chi connectivity index (χ0n) is 12.4. The lowest BCUT2D eigenvalue weighted by Gasteiger charge is -2.33. The van der Waals surface area contributed by atoms with E-state index in [-0.39, 0.29) is 24.1 Å². The topological polar surface area (TPSA) is 55.6 Å². The van der Waals surface area contributed by atoms with Gasteiger partial charge in [0.1, 0.15) is 11.6 Å². The van der Waals surface area contributed by atoms with E-state index in [4.69, 9.17) is 10.5 Å². The molecule has 0 radical (unpaired) electrons. The van der Waals surface area contributed by atoms with E-state index >= 15 is 0 Å². The Balaban J connectivity index is 0.00000242.